The predicted molar refractivity (Wildman–Crippen MR) is 72.0 cm³/mol. The van der Waals surface area contributed by atoms with Gasteiger partial charge in [-0.1, -0.05) is 13.8 Å². The molecule has 1 aliphatic rings. The quantitative estimate of drug-likeness (QED) is 0.788. The molecule has 0 radical (unpaired) electrons. The molecule has 1 amide bonds. The highest BCUT2D eigenvalue weighted by Crippen LogP contribution is 2.29. The van der Waals surface area contributed by atoms with Crippen molar-refractivity contribution in [3.8, 4) is 0 Å². The summed E-state index contributed by atoms with van der Waals surface area (Å²) in [4.78, 5) is 22.4. The molecule has 8 heteroatoms. The standard InChI is InChI=1S/C14H20F3NO4/c1-3-8(4-2)22-10-7-5-6-9(12(19)20)11(10)18-13(21)14(15,16)17/h8,10H,3-7H2,1-2H3,(H,18,21)(H,19,20). The summed E-state index contributed by atoms with van der Waals surface area (Å²) in [7, 11) is 0. The van der Waals surface area contributed by atoms with E-state index in [0.29, 0.717) is 25.7 Å². The molecule has 22 heavy (non-hydrogen) atoms. The second-order valence-corrected chi connectivity index (χ2v) is 5.10. The molecule has 0 aliphatic heterocycles. The Hall–Kier alpha value is -1.57. The first kappa shape index (κ1) is 18.5. The summed E-state index contributed by atoms with van der Waals surface area (Å²) in [5.41, 5.74) is -0.493. The second kappa shape index (κ2) is 7.62. The number of carbonyl (C=O) groups is 2. The molecule has 0 aromatic rings. The van der Waals surface area contributed by atoms with E-state index in [0.717, 1.165) is 0 Å². The van der Waals surface area contributed by atoms with Crippen molar-refractivity contribution in [1.29, 1.82) is 0 Å². The smallest absolute Gasteiger partial charge is 0.471 e. The van der Waals surface area contributed by atoms with Crippen molar-refractivity contribution in [2.45, 2.75) is 64.3 Å². The lowest BCUT2D eigenvalue weighted by atomic mass is 9.93. The third-order valence-electron chi connectivity index (χ3n) is 3.57. The van der Waals surface area contributed by atoms with Gasteiger partial charge in [-0.2, -0.15) is 13.2 Å². The van der Waals surface area contributed by atoms with Gasteiger partial charge in [0.15, 0.2) is 0 Å². The van der Waals surface area contributed by atoms with E-state index in [9.17, 15) is 22.8 Å². The van der Waals surface area contributed by atoms with Crippen molar-refractivity contribution < 1.29 is 32.6 Å². The van der Waals surface area contributed by atoms with E-state index >= 15 is 0 Å². The SMILES string of the molecule is CCC(CC)OC1CCCC(C(=O)O)=C1NC(=O)C(F)(F)F. The van der Waals surface area contributed by atoms with Crippen LogP contribution in [0.5, 0.6) is 0 Å². The van der Waals surface area contributed by atoms with Gasteiger partial charge in [0, 0.05) is 0 Å². The Labute approximate surface area is 126 Å². The number of hydrogen-bond donors (Lipinski definition) is 2. The Balaban J connectivity index is 3.06. The first-order valence-electron chi connectivity index (χ1n) is 7.20. The molecule has 0 aromatic carbocycles. The van der Waals surface area contributed by atoms with E-state index in [1.807, 2.05) is 13.8 Å². The predicted octanol–water partition coefficient (Wildman–Crippen LogP) is 2.76. The van der Waals surface area contributed by atoms with E-state index in [2.05, 4.69) is 0 Å². The van der Waals surface area contributed by atoms with Crippen LogP contribution in [-0.4, -0.2) is 35.4 Å². The summed E-state index contributed by atoms with van der Waals surface area (Å²) in [6, 6.07) is 0. The number of amides is 1. The van der Waals surface area contributed by atoms with Gasteiger partial charge >= 0.3 is 18.1 Å². The molecule has 0 spiro atoms. The number of rotatable bonds is 6. The molecule has 1 atom stereocenters. The van der Waals surface area contributed by atoms with Crippen LogP contribution >= 0.6 is 0 Å². The highest BCUT2D eigenvalue weighted by Gasteiger charge is 2.41. The Bertz CT molecular complexity index is 455. The average Bonchev–Trinajstić information content (AvgIpc) is 2.44. The number of halogens is 3. The average molecular weight is 323 g/mol. The topological polar surface area (TPSA) is 75.6 Å². The van der Waals surface area contributed by atoms with Crippen LogP contribution < -0.4 is 5.32 Å². The van der Waals surface area contributed by atoms with Crippen LogP contribution in [0.25, 0.3) is 0 Å². The van der Waals surface area contributed by atoms with Crippen molar-refractivity contribution >= 4 is 11.9 Å². The normalized spacial score (nSPS) is 19.5. The van der Waals surface area contributed by atoms with Crippen molar-refractivity contribution in [2.24, 2.45) is 0 Å². The highest BCUT2D eigenvalue weighted by atomic mass is 19.4. The molecule has 2 N–H and O–H groups in total. The molecule has 5 nitrogen and oxygen atoms in total. The zero-order valence-corrected chi connectivity index (χ0v) is 12.5. The molecule has 1 rings (SSSR count). The van der Waals surface area contributed by atoms with Gasteiger partial charge in [-0.3, -0.25) is 4.79 Å². The van der Waals surface area contributed by atoms with E-state index in [4.69, 9.17) is 9.84 Å². The molecule has 0 saturated carbocycles. The van der Waals surface area contributed by atoms with Crippen molar-refractivity contribution in [2.75, 3.05) is 0 Å². The lowest BCUT2D eigenvalue weighted by Crippen LogP contribution is -2.43. The van der Waals surface area contributed by atoms with Crippen LogP contribution in [0.15, 0.2) is 11.3 Å². The number of carbonyl (C=O) groups excluding carboxylic acids is 1. The Kier molecular flexibility index (Phi) is 6.40. The minimum atomic E-state index is -5.08. The number of carboxylic acids is 1. The minimum Gasteiger partial charge on any atom is -0.478 e. The largest absolute Gasteiger partial charge is 0.478 e. The Morgan fingerprint density at radius 2 is 1.95 bits per heavy atom. The fourth-order valence-corrected chi connectivity index (χ4v) is 2.36. The lowest BCUT2D eigenvalue weighted by Gasteiger charge is -2.30. The van der Waals surface area contributed by atoms with Gasteiger partial charge < -0.3 is 15.2 Å². The highest BCUT2D eigenvalue weighted by molar-refractivity contribution is 5.90. The zero-order chi connectivity index (χ0) is 16.9. The van der Waals surface area contributed by atoms with Crippen LogP contribution in [0, 0.1) is 0 Å². The zero-order valence-electron chi connectivity index (χ0n) is 12.5. The summed E-state index contributed by atoms with van der Waals surface area (Å²) < 4.78 is 43.0. The van der Waals surface area contributed by atoms with E-state index in [1.54, 1.807) is 5.32 Å². The summed E-state index contributed by atoms with van der Waals surface area (Å²) in [6.45, 7) is 3.74. The number of carboxylic acid groups (broad SMARTS) is 1. The molecule has 1 aliphatic carbocycles. The molecule has 0 aromatic heterocycles. The van der Waals surface area contributed by atoms with Crippen molar-refractivity contribution in [1.82, 2.24) is 5.32 Å². The van der Waals surface area contributed by atoms with Crippen LogP contribution in [0.3, 0.4) is 0 Å². The molecule has 126 valence electrons. The maximum Gasteiger partial charge on any atom is 0.471 e. The fourth-order valence-electron chi connectivity index (χ4n) is 2.36. The summed E-state index contributed by atoms with van der Waals surface area (Å²) in [5.74, 6) is -3.52. The first-order valence-corrected chi connectivity index (χ1v) is 7.20. The van der Waals surface area contributed by atoms with Gasteiger partial charge in [-0.05, 0) is 32.1 Å². The van der Waals surface area contributed by atoms with Gasteiger partial charge in [-0.15, -0.1) is 0 Å². The summed E-state index contributed by atoms with van der Waals surface area (Å²) in [5, 5.41) is 10.8. The second-order valence-electron chi connectivity index (χ2n) is 5.10. The molecule has 0 fully saturated rings. The molecular weight excluding hydrogens is 303 g/mol. The van der Waals surface area contributed by atoms with Gasteiger partial charge in [0.25, 0.3) is 0 Å². The van der Waals surface area contributed by atoms with Crippen LogP contribution in [0.1, 0.15) is 46.0 Å². The maximum absolute atomic E-state index is 12.4. The fraction of sp³-hybridized carbons (Fsp3) is 0.714. The Morgan fingerprint density at radius 3 is 2.41 bits per heavy atom. The first-order chi connectivity index (χ1) is 10.2. The summed E-state index contributed by atoms with van der Waals surface area (Å²) >= 11 is 0. The third kappa shape index (κ3) is 4.72. The van der Waals surface area contributed by atoms with Crippen molar-refractivity contribution in [3.63, 3.8) is 0 Å². The van der Waals surface area contributed by atoms with Gasteiger partial charge in [-0.25, -0.2) is 4.79 Å². The lowest BCUT2D eigenvalue weighted by molar-refractivity contribution is -0.173. The monoisotopic (exact) mass is 323 g/mol. The van der Waals surface area contributed by atoms with Crippen LogP contribution in [-0.2, 0) is 14.3 Å². The van der Waals surface area contributed by atoms with Crippen LogP contribution in [0.2, 0.25) is 0 Å². The Morgan fingerprint density at radius 1 is 1.36 bits per heavy atom. The van der Waals surface area contributed by atoms with Gasteiger partial charge in [0.05, 0.1) is 23.5 Å². The maximum atomic E-state index is 12.4. The van der Waals surface area contributed by atoms with E-state index < -0.39 is 24.2 Å². The molecule has 0 heterocycles. The number of nitrogens with one attached hydrogen (secondary N) is 1. The molecular formula is C14H20F3NO4. The van der Waals surface area contributed by atoms with E-state index in [-0.39, 0.29) is 23.8 Å². The molecule has 0 bridgehead atoms. The minimum absolute atomic E-state index is 0.103. The number of ether oxygens (including phenoxy) is 1. The van der Waals surface area contributed by atoms with E-state index in [1.165, 1.54) is 0 Å². The van der Waals surface area contributed by atoms with Gasteiger partial charge in [0.2, 0.25) is 0 Å². The molecule has 1 unspecified atom stereocenters. The molecule has 0 saturated heterocycles. The summed E-state index contributed by atoms with van der Waals surface area (Å²) in [6.07, 6.45) is -3.85. The number of hydrogen-bond acceptors (Lipinski definition) is 3. The number of aliphatic carboxylic acids is 1. The van der Waals surface area contributed by atoms with Crippen LogP contribution in [0.4, 0.5) is 13.2 Å². The number of alkyl halides is 3. The van der Waals surface area contributed by atoms with Crippen molar-refractivity contribution in [3.05, 3.63) is 11.3 Å². The van der Waals surface area contributed by atoms with Gasteiger partial charge in [0.1, 0.15) is 0 Å². The third-order valence-corrected chi connectivity index (χ3v) is 3.57.